The SMILES string of the molecule is Cc1ccc(C(OC(=O)C[C@H](CCc2ccccc2)CC(=O)[C@@H]2C[C@@H](NC(=O)c3ccc4c(c3)B(O)OC4(C)C)CN2C(=O)c2ccc3c(c2)B(O)OC3(C)C)(c2ccccc2)c2ccccc2Cl)cc1. The van der Waals surface area contributed by atoms with Crippen LogP contribution in [0.4, 0.5) is 0 Å². The molecule has 0 saturated carbocycles. The third kappa shape index (κ3) is 10.1. The summed E-state index contributed by atoms with van der Waals surface area (Å²) in [4.78, 5) is 60.2. The molecule has 1 unspecified atom stereocenters. The van der Waals surface area contributed by atoms with Crippen LogP contribution in [0, 0.1) is 12.8 Å². The predicted octanol–water partition coefficient (Wildman–Crippen LogP) is 7.70. The van der Waals surface area contributed by atoms with Gasteiger partial charge in [0.15, 0.2) is 11.4 Å². The number of benzene rings is 6. The second-order valence-electron chi connectivity index (χ2n) is 20.1. The lowest BCUT2D eigenvalue weighted by molar-refractivity contribution is -0.154. The van der Waals surface area contributed by atoms with Crippen molar-refractivity contribution in [2.45, 2.75) is 95.6 Å². The number of fused-ring (bicyclic) bond motifs is 2. The van der Waals surface area contributed by atoms with Crippen LogP contribution >= 0.6 is 11.6 Å². The maximum Gasteiger partial charge on any atom is 0.492 e. The Morgan fingerprint density at radius 2 is 1.31 bits per heavy atom. The van der Waals surface area contributed by atoms with Crippen LogP contribution in [-0.4, -0.2) is 71.4 Å². The number of carbonyl (C=O) groups excluding carboxylic acids is 4. The first-order valence-corrected chi connectivity index (χ1v) is 24.6. The van der Waals surface area contributed by atoms with E-state index >= 15 is 4.79 Å². The number of carbonyl (C=O) groups is 4. The Balaban J connectivity index is 1.03. The van der Waals surface area contributed by atoms with Gasteiger partial charge in [-0.3, -0.25) is 19.2 Å². The van der Waals surface area contributed by atoms with Crippen LogP contribution in [0.3, 0.4) is 0 Å². The zero-order valence-corrected chi connectivity index (χ0v) is 41.3. The molecule has 6 aromatic rings. The number of nitrogens with one attached hydrogen (secondary N) is 1. The van der Waals surface area contributed by atoms with Crippen molar-refractivity contribution in [3.8, 4) is 0 Å². The van der Waals surface area contributed by atoms with E-state index in [-0.39, 0.29) is 37.2 Å². The number of rotatable bonds is 15. The number of aryl methyl sites for hydroxylation is 2. The quantitative estimate of drug-likeness (QED) is 0.0535. The van der Waals surface area contributed by atoms with Gasteiger partial charge in [-0.15, -0.1) is 0 Å². The van der Waals surface area contributed by atoms with Gasteiger partial charge in [0.2, 0.25) is 0 Å². The molecule has 3 aliphatic rings. The van der Waals surface area contributed by atoms with Crippen molar-refractivity contribution < 1.29 is 43.3 Å². The largest absolute Gasteiger partial charge is 0.492 e. The Morgan fingerprint density at radius 1 is 0.746 bits per heavy atom. The summed E-state index contributed by atoms with van der Waals surface area (Å²) in [6.45, 7) is 9.37. The molecule has 362 valence electrons. The van der Waals surface area contributed by atoms with Crippen LogP contribution in [0.5, 0.6) is 0 Å². The minimum atomic E-state index is -1.46. The molecule has 0 aliphatic carbocycles. The van der Waals surface area contributed by atoms with Gasteiger partial charge in [0.1, 0.15) is 0 Å². The first-order valence-electron chi connectivity index (χ1n) is 24.2. The minimum Gasteiger partial charge on any atom is -0.444 e. The average Bonchev–Trinajstić information content (AvgIpc) is 3.96. The fraction of sp³-hybridized carbons (Fsp3) is 0.298. The molecule has 0 aromatic heterocycles. The average molecular weight is 971 g/mol. The van der Waals surface area contributed by atoms with E-state index in [1.807, 2.05) is 138 Å². The van der Waals surface area contributed by atoms with Crippen LogP contribution in [0.15, 0.2) is 146 Å². The van der Waals surface area contributed by atoms with Crippen molar-refractivity contribution in [2.75, 3.05) is 6.54 Å². The second kappa shape index (κ2) is 20.0. The zero-order valence-electron chi connectivity index (χ0n) is 40.6. The number of likely N-dealkylation sites (tertiary alicyclic amines) is 1. The lowest BCUT2D eigenvalue weighted by atomic mass is 9.77. The third-order valence-corrected chi connectivity index (χ3v) is 14.6. The van der Waals surface area contributed by atoms with Crippen LogP contribution in [0.25, 0.3) is 0 Å². The maximum atomic E-state index is 15.1. The first kappa shape index (κ1) is 49.6. The van der Waals surface area contributed by atoms with E-state index in [1.165, 1.54) is 4.90 Å². The van der Waals surface area contributed by atoms with Gasteiger partial charge >= 0.3 is 20.2 Å². The second-order valence-corrected chi connectivity index (χ2v) is 20.5. The summed E-state index contributed by atoms with van der Waals surface area (Å²) in [7, 11) is -2.44. The number of hydrogen-bond donors (Lipinski definition) is 3. The molecule has 4 atom stereocenters. The maximum absolute atomic E-state index is 15.1. The monoisotopic (exact) mass is 970 g/mol. The first-order chi connectivity index (χ1) is 33.9. The van der Waals surface area contributed by atoms with E-state index in [0.29, 0.717) is 51.0 Å². The number of ketones is 1. The van der Waals surface area contributed by atoms with Crippen molar-refractivity contribution in [2.24, 2.45) is 5.92 Å². The van der Waals surface area contributed by atoms with E-state index in [4.69, 9.17) is 25.6 Å². The number of nitrogens with zero attached hydrogens (tertiary/aromatic N) is 1. The van der Waals surface area contributed by atoms with E-state index < -0.39 is 66.8 Å². The molecule has 71 heavy (non-hydrogen) atoms. The third-order valence-electron chi connectivity index (χ3n) is 14.3. The summed E-state index contributed by atoms with van der Waals surface area (Å²) in [6, 6.07) is 42.9. The zero-order chi connectivity index (χ0) is 50.2. The minimum absolute atomic E-state index is 0.0109. The lowest BCUT2D eigenvalue weighted by Gasteiger charge is -2.36. The van der Waals surface area contributed by atoms with Gasteiger partial charge < -0.3 is 34.3 Å². The molecule has 3 aliphatic heterocycles. The van der Waals surface area contributed by atoms with Crippen molar-refractivity contribution in [3.63, 3.8) is 0 Å². The van der Waals surface area contributed by atoms with Gasteiger partial charge in [0.25, 0.3) is 11.8 Å². The molecule has 6 aromatic carbocycles. The van der Waals surface area contributed by atoms with Gasteiger partial charge in [-0.2, -0.15) is 0 Å². The standard InChI is InChI=1S/C57H57B2ClN2O9/c1-36-20-26-42(27-21-36)57(41-16-10-7-11-17-41,46-18-12-13-19-49(46)60)69-52(64)31-38(23-22-37-14-8-6-9-15-37)30-51(63)50-34-43(61-53(65)39-24-28-44-47(32-39)58(67)70-55(44,2)3)35-62(50)54(66)40-25-29-45-48(33-40)59(68)71-56(45,4)5/h6-21,24-29,32-33,38,43,50,67-68H,22-23,30-31,34-35H2,1-5H3,(H,61,65)/t38-,43-,50+,57?/m1/s1. The molecule has 3 heterocycles. The molecule has 2 amide bonds. The van der Waals surface area contributed by atoms with E-state index in [1.54, 1.807) is 42.5 Å². The molecular weight excluding hydrogens is 914 g/mol. The molecule has 3 N–H and O–H groups in total. The van der Waals surface area contributed by atoms with Crippen molar-refractivity contribution in [1.29, 1.82) is 0 Å². The Kier molecular flexibility index (Phi) is 14.0. The van der Waals surface area contributed by atoms with Crippen LogP contribution in [0.2, 0.25) is 5.02 Å². The smallest absolute Gasteiger partial charge is 0.444 e. The van der Waals surface area contributed by atoms with Gasteiger partial charge in [-0.1, -0.05) is 132 Å². The molecule has 14 heteroatoms. The number of ether oxygens (including phenoxy) is 1. The number of halogens is 1. The topological polar surface area (TPSA) is 152 Å². The van der Waals surface area contributed by atoms with Crippen molar-refractivity contribution in [3.05, 3.63) is 201 Å². The van der Waals surface area contributed by atoms with Crippen LogP contribution in [0.1, 0.15) is 113 Å². The molecule has 11 nitrogen and oxygen atoms in total. The van der Waals surface area contributed by atoms with Gasteiger partial charge in [0, 0.05) is 58.3 Å². The molecule has 0 spiro atoms. The van der Waals surface area contributed by atoms with Crippen molar-refractivity contribution >= 4 is 60.3 Å². The van der Waals surface area contributed by atoms with Gasteiger partial charge in [-0.05, 0) is 118 Å². The lowest BCUT2D eigenvalue weighted by Crippen LogP contribution is -2.42. The van der Waals surface area contributed by atoms with Gasteiger partial charge in [0.05, 0.1) is 17.2 Å². The Labute approximate surface area is 420 Å². The Morgan fingerprint density at radius 3 is 1.94 bits per heavy atom. The van der Waals surface area contributed by atoms with E-state index in [9.17, 15) is 24.4 Å². The Bertz CT molecular complexity index is 2970. The highest BCUT2D eigenvalue weighted by atomic mass is 35.5. The number of hydrogen-bond acceptors (Lipinski definition) is 9. The summed E-state index contributed by atoms with van der Waals surface area (Å²) in [5.41, 5.74) is 4.08. The molecule has 0 radical (unpaired) electrons. The molecule has 1 saturated heterocycles. The molecule has 1 fully saturated rings. The molecule has 0 bridgehead atoms. The summed E-state index contributed by atoms with van der Waals surface area (Å²) in [5.74, 6) is -2.24. The normalized spacial score (nSPS) is 18.8. The number of Topliss-reactive ketones (excluding diaryl/α,β-unsaturated/α-hetero) is 1. The summed E-state index contributed by atoms with van der Waals surface area (Å²) in [6.07, 6.45) is 0.918. The van der Waals surface area contributed by atoms with Crippen LogP contribution < -0.4 is 16.2 Å². The highest BCUT2D eigenvalue weighted by Crippen LogP contribution is 2.44. The van der Waals surface area contributed by atoms with E-state index in [2.05, 4.69) is 5.32 Å². The summed E-state index contributed by atoms with van der Waals surface area (Å²) in [5, 5.41) is 25.0. The van der Waals surface area contributed by atoms with Crippen molar-refractivity contribution in [1.82, 2.24) is 10.2 Å². The fourth-order valence-electron chi connectivity index (χ4n) is 10.6. The molecular formula is C57H57B2ClN2O9. The van der Waals surface area contributed by atoms with E-state index in [0.717, 1.165) is 22.3 Å². The highest BCUT2D eigenvalue weighted by molar-refractivity contribution is 6.62. The number of esters is 1. The number of amides is 2. The fourth-order valence-corrected chi connectivity index (χ4v) is 10.9. The Hall–Kier alpha value is -6.34. The highest BCUT2D eigenvalue weighted by Gasteiger charge is 2.46. The summed E-state index contributed by atoms with van der Waals surface area (Å²) >= 11 is 7.01. The van der Waals surface area contributed by atoms with Crippen LogP contribution in [-0.2, 0) is 46.9 Å². The van der Waals surface area contributed by atoms with Gasteiger partial charge in [-0.25, -0.2) is 0 Å². The predicted molar refractivity (Wildman–Crippen MR) is 275 cm³/mol. The summed E-state index contributed by atoms with van der Waals surface area (Å²) < 4.78 is 18.4. The molecule has 9 rings (SSSR count).